The molecule has 0 atom stereocenters. The first-order chi connectivity index (χ1) is 14.6. The van der Waals surface area contributed by atoms with E-state index >= 15 is 0 Å². The molecular weight excluding hydrogens is 433 g/mol. The number of ether oxygens (including phenoxy) is 2. The van der Waals surface area contributed by atoms with Gasteiger partial charge in [-0.1, -0.05) is 18.2 Å². The molecule has 1 aliphatic rings. The summed E-state index contributed by atoms with van der Waals surface area (Å²) >= 11 is 0. The van der Waals surface area contributed by atoms with Gasteiger partial charge in [-0.05, 0) is 47.5 Å². The predicted molar refractivity (Wildman–Crippen MR) is 111 cm³/mol. The Hall–Kier alpha value is -3.40. The maximum absolute atomic E-state index is 12.5. The van der Waals surface area contributed by atoms with Crippen molar-refractivity contribution >= 4 is 21.4 Å². The van der Waals surface area contributed by atoms with Crippen LogP contribution in [0.15, 0.2) is 60.7 Å². The number of halogens is 3. The predicted octanol–water partition coefficient (Wildman–Crippen LogP) is 5.34. The van der Waals surface area contributed by atoms with Crippen LogP contribution in [0.2, 0.25) is 0 Å². The number of hydrogen-bond acceptors (Lipinski definition) is 5. The van der Waals surface area contributed by atoms with Crippen LogP contribution in [0.4, 0.5) is 24.5 Å². The third-order valence-corrected chi connectivity index (χ3v) is 5.04. The fourth-order valence-electron chi connectivity index (χ4n) is 3.22. The normalized spacial score (nSPS) is 13.2. The van der Waals surface area contributed by atoms with Crippen LogP contribution in [0.3, 0.4) is 0 Å². The Morgan fingerprint density at radius 1 is 1.00 bits per heavy atom. The summed E-state index contributed by atoms with van der Waals surface area (Å²) in [5, 5.41) is 3.06. The third-order valence-electron chi connectivity index (χ3n) is 4.43. The molecule has 4 rings (SSSR count). The first-order valence-corrected chi connectivity index (χ1v) is 11.0. The first-order valence-electron chi connectivity index (χ1n) is 9.08. The fourth-order valence-corrected chi connectivity index (χ4v) is 3.77. The maximum atomic E-state index is 12.5. The van der Waals surface area contributed by atoms with Crippen molar-refractivity contribution in [2.45, 2.75) is 12.9 Å². The molecule has 6 nitrogen and oxygen atoms in total. The van der Waals surface area contributed by atoms with Crippen molar-refractivity contribution in [2.75, 3.05) is 16.3 Å². The number of sulfonamides is 1. The van der Waals surface area contributed by atoms with Crippen LogP contribution in [0.5, 0.6) is 17.2 Å². The first kappa shape index (κ1) is 20.9. The van der Waals surface area contributed by atoms with Gasteiger partial charge in [-0.2, -0.15) is 0 Å². The molecule has 0 aliphatic carbocycles. The topological polar surface area (TPSA) is 76.7 Å². The van der Waals surface area contributed by atoms with Crippen molar-refractivity contribution in [3.8, 4) is 28.4 Å². The number of anilines is 2. The Morgan fingerprint density at radius 2 is 1.74 bits per heavy atom. The average Bonchev–Trinajstić information content (AvgIpc) is 2.84. The van der Waals surface area contributed by atoms with Crippen LogP contribution in [0.25, 0.3) is 11.1 Å². The minimum atomic E-state index is -4.78. The second-order valence-electron chi connectivity index (χ2n) is 6.94. The Labute approximate surface area is 176 Å². The highest BCUT2D eigenvalue weighted by atomic mass is 32.2. The lowest BCUT2D eigenvalue weighted by Crippen LogP contribution is -2.17. The van der Waals surface area contributed by atoms with E-state index in [4.69, 9.17) is 4.74 Å². The molecule has 1 aliphatic heterocycles. The van der Waals surface area contributed by atoms with Gasteiger partial charge in [-0.25, -0.2) is 8.42 Å². The zero-order valence-corrected chi connectivity index (χ0v) is 17.0. The number of benzene rings is 3. The largest absolute Gasteiger partial charge is 0.573 e. The van der Waals surface area contributed by atoms with E-state index in [1.165, 1.54) is 18.2 Å². The Balaban J connectivity index is 1.60. The number of alkyl halides is 3. The van der Waals surface area contributed by atoms with Crippen molar-refractivity contribution in [2.24, 2.45) is 0 Å². The quantitative estimate of drug-likeness (QED) is 0.561. The van der Waals surface area contributed by atoms with Crippen molar-refractivity contribution in [1.82, 2.24) is 0 Å². The highest BCUT2D eigenvalue weighted by Crippen LogP contribution is 2.40. The minimum absolute atomic E-state index is 0.312. The summed E-state index contributed by atoms with van der Waals surface area (Å²) in [4.78, 5) is 0. The number of hydrogen-bond donors (Lipinski definition) is 2. The lowest BCUT2D eigenvalue weighted by atomic mass is 10.0. The van der Waals surface area contributed by atoms with Crippen LogP contribution in [0, 0.1) is 0 Å². The molecule has 2 N–H and O–H groups in total. The molecule has 0 saturated carbocycles. The fraction of sp³-hybridized carbons (Fsp3) is 0.143. The summed E-state index contributed by atoms with van der Waals surface area (Å²) in [5.41, 5.74) is 3.22. The monoisotopic (exact) mass is 450 g/mol. The van der Waals surface area contributed by atoms with Gasteiger partial charge in [-0.15, -0.1) is 13.2 Å². The molecule has 0 unspecified atom stereocenters. The van der Waals surface area contributed by atoms with Gasteiger partial charge in [0.1, 0.15) is 11.5 Å². The van der Waals surface area contributed by atoms with Crippen molar-refractivity contribution in [1.29, 1.82) is 0 Å². The number of rotatable bonds is 4. The van der Waals surface area contributed by atoms with Gasteiger partial charge in [-0.3, -0.25) is 4.72 Å². The van der Waals surface area contributed by atoms with Crippen molar-refractivity contribution in [3.05, 3.63) is 66.2 Å². The molecular formula is C21H17F3N2O4S. The van der Waals surface area contributed by atoms with Crippen molar-refractivity contribution in [3.63, 3.8) is 0 Å². The molecule has 3 aromatic carbocycles. The Morgan fingerprint density at radius 3 is 2.48 bits per heavy atom. The lowest BCUT2D eigenvalue weighted by Gasteiger charge is -2.12. The lowest BCUT2D eigenvalue weighted by molar-refractivity contribution is -0.274. The van der Waals surface area contributed by atoms with Gasteiger partial charge in [0.2, 0.25) is 10.0 Å². The summed E-state index contributed by atoms with van der Waals surface area (Å²) in [6, 6.07) is 16.2. The molecule has 0 bridgehead atoms. The molecule has 0 amide bonds. The Bertz CT molecular complexity index is 1240. The van der Waals surface area contributed by atoms with Crippen LogP contribution >= 0.6 is 0 Å². The molecule has 0 fully saturated rings. The molecule has 0 saturated heterocycles. The van der Waals surface area contributed by atoms with E-state index in [9.17, 15) is 21.6 Å². The number of fused-ring (bicyclic) bond motifs is 2. The van der Waals surface area contributed by atoms with E-state index in [1.54, 1.807) is 24.3 Å². The van der Waals surface area contributed by atoms with E-state index in [2.05, 4.69) is 14.8 Å². The van der Waals surface area contributed by atoms with Gasteiger partial charge in [0, 0.05) is 23.9 Å². The zero-order chi connectivity index (χ0) is 22.2. The molecule has 1 heterocycles. The molecule has 0 radical (unpaired) electrons. The van der Waals surface area contributed by atoms with E-state index in [0.717, 1.165) is 22.9 Å². The zero-order valence-electron chi connectivity index (χ0n) is 16.2. The molecule has 162 valence electrons. The van der Waals surface area contributed by atoms with Gasteiger partial charge in [0.25, 0.3) is 0 Å². The summed E-state index contributed by atoms with van der Waals surface area (Å²) in [6.45, 7) is 0.312. The molecule has 0 aromatic heterocycles. The van der Waals surface area contributed by atoms with Crippen LogP contribution in [0.1, 0.15) is 5.56 Å². The molecule has 0 spiro atoms. The maximum Gasteiger partial charge on any atom is 0.573 e. The van der Waals surface area contributed by atoms with Gasteiger partial charge >= 0.3 is 6.36 Å². The molecule has 10 heteroatoms. The Kier molecular flexibility index (Phi) is 5.18. The third kappa shape index (κ3) is 5.21. The van der Waals surface area contributed by atoms with E-state index in [1.807, 2.05) is 18.2 Å². The van der Waals surface area contributed by atoms with Crippen LogP contribution < -0.4 is 19.5 Å². The molecule has 31 heavy (non-hydrogen) atoms. The SMILES string of the molecule is CS(=O)(=O)Nc1cccc(-c2ccc3c(c2)CNc2cc(OC(F)(F)F)ccc2O3)c1. The van der Waals surface area contributed by atoms with Gasteiger partial charge in [0.05, 0.1) is 11.9 Å². The van der Waals surface area contributed by atoms with Crippen LogP contribution in [-0.2, 0) is 16.6 Å². The highest BCUT2D eigenvalue weighted by molar-refractivity contribution is 7.92. The van der Waals surface area contributed by atoms with Crippen LogP contribution in [-0.4, -0.2) is 21.0 Å². The minimum Gasteiger partial charge on any atom is -0.455 e. The van der Waals surface area contributed by atoms with Crippen molar-refractivity contribution < 1.29 is 31.1 Å². The second-order valence-corrected chi connectivity index (χ2v) is 8.69. The molecule has 3 aromatic rings. The summed E-state index contributed by atoms with van der Waals surface area (Å²) in [5.74, 6) is 0.592. The van der Waals surface area contributed by atoms with E-state index in [0.29, 0.717) is 29.4 Å². The standard InChI is InChI=1S/C21H17F3N2O4S/c1-31(27,28)26-16-4-2-3-13(10-16)14-5-7-19-15(9-14)12-25-18-11-17(30-21(22,23)24)6-8-20(18)29-19/h2-11,25-26H,12H2,1H3. The van der Waals surface area contributed by atoms with Gasteiger partial charge < -0.3 is 14.8 Å². The summed E-state index contributed by atoms with van der Waals surface area (Å²) in [6.07, 6.45) is -3.70. The average molecular weight is 450 g/mol. The summed E-state index contributed by atoms with van der Waals surface area (Å²) in [7, 11) is -3.40. The highest BCUT2D eigenvalue weighted by Gasteiger charge is 2.31. The van der Waals surface area contributed by atoms with E-state index < -0.39 is 16.4 Å². The summed E-state index contributed by atoms with van der Waals surface area (Å²) < 4.78 is 72.7. The van der Waals surface area contributed by atoms with E-state index in [-0.39, 0.29) is 5.75 Å². The van der Waals surface area contributed by atoms with Gasteiger partial charge in [0.15, 0.2) is 5.75 Å². The second kappa shape index (κ2) is 7.69. The number of nitrogens with one attached hydrogen (secondary N) is 2. The smallest absolute Gasteiger partial charge is 0.455 e.